The SMILES string of the molecule is CCNC(=NCC1CCCN1C)NC1CC=CC1.I. The topological polar surface area (TPSA) is 39.7 Å². The molecule has 4 nitrogen and oxygen atoms in total. The molecule has 1 saturated heterocycles. The van der Waals surface area contributed by atoms with E-state index in [0.29, 0.717) is 12.1 Å². The molecule has 0 radical (unpaired) electrons. The molecule has 19 heavy (non-hydrogen) atoms. The van der Waals surface area contributed by atoms with Gasteiger partial charge in [-0.05, 0) is 46.2 Å². The van der Waals surface area contributed by atoms with Gasteiger partial charge in [-0.2, -0.15) is 0 Å². The quantitative estimate of drug-likeness (QED) is 0.340. The molecule has 1 aliphatic carbocycles. The highest BCUT2D eigenvalue weighted by molar-refractivity contribution is 14.0. The van der Waals surface area contributed by atoms with Gasteiger partial charge < -0.3 is 15.5 Å². The molecular weight excluding hydrogens is 351 g/mol. The van der Waals surface area contributed by atoms with Crippen LogP contribution in [0.2, 0.25) is 0 Å². The molecule has 2 aliphatic rings. The van der Waals surface area contributed by atoms with Gasteiger partial charge in [0.15, 0.2) is 5.96 Å². The second kappa shape index (κ2) is 8.79. The summed E-state index contributed by atoms with van der Waals surface area (Å²) in [7, 11) is 2.20. The molecule has 0 bridgehead atoms. The average molecular weight is 378 g/mol. The lowest BCUT2D eigenvalue weighted by atomic mass is 10.2. The fraction of sp³-hybridized carbons (Fsp3) is 0.786. The predicted octanol–water partition coefficient (Wildman–Crippen LogP) is 1.97. The first-order valence-electron chi connectivity index (χ1n) is 7.19. The van der Waals surface area contributed by atoms with Gasteiger partial charge in [-0.1, -0.05) is 12.2 Å². The molecule has 0 aromatic carbocycles. The van der Waals surface area contributed by atoms with E-state index in [2.05, 4.69) is 41.7 Å². The van der Waals surface area contributed by atoms with E-state index in [0.717, 1.165) is 31.9 Å². The van der Waals surface area contributed by atoms with Crippen LogP contribution in [0, 0.1) is 0 Å². The monoisotopic (exact) mass is 378 g/mol. The molecule has 0 amide bonds. The Balaban J connectivity index is 0.00000180. The summed E-state index contributed by atoms with van der Waals surface area (Å²) in [5, 5.41) is 6.85. The van der Waals surface area contributed by atoms with Gasteiger partial charge in [0.2, 0.25) is 0 Å². The summed E-state index contributed by atoms with van der Waals surface area (Å²) in [5.41, 5.74) is 0. The molecule has 1 fully saturated rings. The van der Waals surface area contributed by atoms with E-state index in [1.54, 1.807) is 0 Å². The maximum absolute atomic E-state index is 4.73. The molecule has 1 aliphatic heterocycles. The van der Waals surface area contributed by atoms with Gasteiger partial charge >= 0.3 is 0 Å². The Morgan fingerprint density at radius 2 is 2.11 bits per heavy atom. The molecule has 2 rings (SSSR count). The molecule has 1 atom stereocenters. The van der Waals surface area contributed by atoms with E-state index in [1.807, 2.05) is 0 Å². The van der Waals surface area contributed by atoms with Crippen LogP contribution in [0.1, 0.15) is 32.6 Å². The van der Waals surface area contributed by atoms with Crippen LogP contribution in [0.15, 0.2) is 17.1 Å². The minimum absolute atomic E-state index is 0. The Labute approximate surface area is 134 Å². The first kappa shape index (κ1) is 16.8. The summed E-state index contributed by atoms with van der Waals surface area (Å²) in [6.07, 6.45) is 9.32. The lowest BCUT2D eigenvalue weighted by Gasteiger charge is -2.20. The van der Waals surface area contributed by atoms with E-state index >= 15 is 0 Å². The smallest absolute Gasteiger partial charge is 0.191 e. The number of halogens is 1. The van der Waals surface area contributed by atoms with Crippen LogP contribution in [-0.4, -0.2) is 49.6 Å². The number of aliphatic imine (C=N–C) groups is 1. The van der Waals surface area contributed by atoms with Crippen molar-refractivity contribution in [3.05, 3.63) is 12.2 Å². The molecule has 0 spiro atoms. The first-order valence-corrected chi connectivity index (χ1v) is 7.19. The highest BCUT2D eigenvalue weighted by Gasteiger charge is 2.20. The molecular formula is C14H27IN4. The van der Waals surface area contributed by atoms with Crippen LogP contribution in [0.3, 0.4) is 0 Å². The summed E-state index contributed by atoms with van der Waals surface area (Å²) in [4.78, 5) is 7.16. The zero-order valence-corrected chi connectivity index (χ0v) is 14.4. The van der Waals surface area contributed by atoms with Crippen LogP contribution in [0.25, 0.3) is 0 Å². The Morgan fingerprint density at radius 1 is 1.37 bits per heavy atom. The third-order valence-electron chi connectivity index (χ3n) is 3.82. The van der Waals surface area contributed by atoms with Crippen LogP contribution in [0.4, 0.5) is 0 Å². The molecule has 0 aromatic rings. The Hall–Kier alpha value is -0.300. The lowest BCUT2D eigenvalue weighted by Crippen LogP contribution is -2.43. The number of likely N-dealkylation sites (N-methyl/N-ethyl adjacent to an activating group) is 1. The van der Waals surface area contributed by atoms with Crippen molar-refractivity contribution in [2.24, 2.45) is 4.99 Å². The van der Waals surface area contributed by atoms with Gasteiger partial charge in [0.05, 0.1) is 6.54 Å². The molecule has 1 unspecified atom stereocenters. The highest BCUT2D eigenvalue weighted by atomic mass is 127. The third-order valence-corrected chi connectivity index (χ3v) is 3.82. The van der Waals surface area contributed by atoms with Gasteiger partial charge in [-0.25, -0.2) is 0 Å². The largest absolute Gasteiger partial charge is 0.357 e. The molecule has 0 saturated carbocycles. The van der Waals surface area contributed by atoms with Gasteiger partial charge in [-0.3, -0.25) is 4.99 Å². The number of guanidine groups is 1. The summed E-state index contributed by atoms with van der Waals surface area (Å²) in [6.45, 7) is 5.17. The average Bonchev–Trinajstić information content (AvgIpc) is 2.98. The lowest BCUT2D eigenvalue weighted by molar-refractivity contribution is 0.317. The zero-order valence-electron chi connectivity index (χ0n) is 12.1. The maximum Gasteiger partial charge on any atom is 0.191 e. The number of nitrogens with zero attached hydrogens (tertiary/aromatic N) is 2. The van der Waals surface area contributed by atoms with E-state index in [1.165, 1.54) is 19.4 Å². The molecule has 110 valence electrons. The number of rotatable bonds is 4. The minimum atomic E-state index is 0. The van der Waals surface area contributed by atoms with Crippen molar-refractivity contribution in [1.82, 2.24) is 15.5 Å². The highest BCUT2D eigenvalue weighted by Crippen LogP contribution is 2.14. The molecule has 5 heteroatoms. The second-order valence-electron chi connectivity index (χ2n) is 5.28. The Kier molecular flexibility index (Phi) is 7.75. The maximum atomic E-state index is 4.73. The van der Waals surface area contributed by atoms with Crippen LogP contribution in [-0.2, 0) is 0 Å². The van der Waals surface area contributed by atoms with Crippen molar-refractivity contribution >= 4 is 29.9 Å². The van der Waals surface area contributed by atoms with Crippen LogP contribution in [0.5, 0.6) is 0 Å². The fourth-order valence-electron chi connectivity index (χ4n) is 2.66. The summed E-state index contributed by atoms with van der Waals surface area (Å²) >= 11 is 0. The van der Waals surface area contributed by atoms with Crippen molar-refractivity contribution in [2.45, 2.75) is 44.7 Å². The second-order valence-corrected chi connectivity index (χ2v) is 5.28. The van der Waals surface area contributed by atoms with E-state index < -0.39 is 0 Å². The van der Waals surface area contributed by atoms with Crippen molar-refractivity contribution in [3.8, 4) is 0 Å². The number of likely N-dealkylation sites (tertiary alicyclic amines) is 1. The molecule has 2 N–H and O–H groups in total. The van der Waals surface area contributed by atoms with Gasteiger partial charge in [0.25, 0.3) is 0 Å². The van der Waals surface area contributed by atoms with Crippen molar-refractivity contribution in [3.63, 3.8) is 0 Å². The Bertz CT molecular complexity index is 309. The standard InChI is InChI=1S/C14H26N4.HI/c1-3-15-14(17-12-7-4-5-8-12)16-11-13-9-6-10-18(13)2;/h4-5,12-13H,3,6-11H2,1-2H3,(H2,15,16,17);1H. The van der Waals surface area contributed by atoms with Crippen molar-refractivity contribution in [1.29, 1.82) is 0 Å². The molecule has 1 heterocycles. The van der Waals surface area contributed by atoms with E-state index in [-0.39, 0.29) is 24.0 Å². The summed E-state index contributed by atoms with van der Waals surface area (Å²) < 4.78 is 0. The van der Waals surface area contributed by atoms with E-state index in [4.69, 9.17) is 4.99 Å². The molecule has 0 aromatic heterocycles. The van der Waals surface area contributed by atoms with Gasteiger partial charge in [0, 0.05) is 18.6 Å². The van der Waals surface area contributed by atoms with Crippen molar-refractivity contribution < 1.29 is 0 Å². The van der Waals surface area contributed by atoms with Gasteiger partial charge in [0.1, 0.15) is 0 Å². The van der Waals surface area contributed by atoms with Crippen molar-refractivity contribution in [2.75, 3.05) is 26.7 Å². The Morgan fingerprint density at radius 3 is 2.68 bits per heavy atom. The van der Waals surface area contributed by atoms with E-state index in [9.17, 15) is 0 Å². The minimum Gasteiger partial charge on any atom is -0.357 e. The summed E-state index contributed by atoms with van der Waals surface area (Å²) in [5.74, 6) is 0.978. The zero-order chi connectivity index (χ0) is 12.8. The third kappa shape index (κ3) is 5.30. The number of hydrogen-bond donors (Lipinski definition) is 2. The first-order chi connectivity index (χ1) is 8.79. The normalized spacial score (nSPS) is 24.5. The van der Waals surface area contributed by atoms with Gasteiger partial charge in [-0.15, -0.1) is 24.0 Å². The predicted molar refractivity (Wildman–Crippen MR) is 92.3 cm³/mol. The van der Waals surface area contributed by atoms with Crippen LogP contribution >= 0.6 is 24.0 Å². The number of hydrogen-bond acceptors (Lipinski definition) is 2. The van der Waals surface area contributed by atoms with Crippen LogP contribution < -0.4 is 10.6 Å². The number of nitrogens with one attached hydrogen (secondary N) is 2. The fourth-order valence-corrected chi connectivity index (χ4v) is 2.66. The summed E-state index contributed by atoms with van der Waals surface area (Å²) in [6, 6.07) is 1.16.